The van der Waals surface area contributed by atoms with E-state index >= 15 is 0 Å². The summed E-state index contributed by atoms with van der Waals surface area (Å²) in [6.07, 6.45) is 5.69. The summed E-state index contributed by atoms with van der Waals surface area (Å²) in [6.45, 7) is 8.66. The van der Waals surface area contributed by atoms with Crippen LogP contribution in [0.25, 0.3) is 0 Å². The highest BCUT2D eigenvalue weighted by Gasteiger charge is 2.36. The first-order chi connectivity index (χ1) is 15.2. The number of amides is 3. The minimum atomic E-state index is -0.374. The van der Waals surface area contributed by atoms with Crippen LogP contribution in [0.15, 0.2) is 4.42 Å². The quantitative estimate of drug-likeness (QED) is 0.706. The van der Waals surface area contributed by atoms with Crippen molar-refractivity contribution in [2.45, 2.75) is 77.7 Å². The summed E-state index contributed by atoms with van der Waals surface area (Å²) in [7, 11) is 0. The molecule has 0 spiro atoms. The highest BCUT2D eigenvalue weighted by molar-refractivity contribution is 5.86. The summed E-state index contributed by atoms with van der Waals surface area (Å²) < 4.78 is 6.10. The molecule has 3 amide bonds. The minimum absolute atomic E-state index is 0.0429. The Bertz CT molecular complexity index is 853. The van der Waals surface area contributed by atoms with Gasteiger partial charge in [0.05, 0.1) is 6.54 Å². The zero-order chi connectivity index (χ0) is 22.9. The molecule has 3 aliphatic rings. The zero-order valence-corrected chi connectivity index (χ0v) is 19.5. The second kappa shape index (κ2) is 9.19. The molecule has 0 aromatic carbocycles. The van der Waals surface area contributed by atoms with Crippen molar-refractivity contribution in [3.8, 4) is 0 Å². The lowest BCUT2D eigenvalue weighted by molar-refractivity contribution is -0.141. The predicted molar refractivity (Wildman–Crippen MR) is 116 cm³/mol. The van der Waals surface area contributed by atoms with Gasteiger partial charge >= 0.3 is 0 Å². The van der Waals surface area contributed by atoms with E-state index in [0.717, 1.165) is 38.5 Å². The smallest absolute Gasteiger partial charge is 0.242 e. The first kappa shape index (κ1) is 22.7. The highest BCUT2D eigenvalue weighted by atomic mass is 16.4. The van der Waals surface area contributed by atoms with Gasteiger partial charge in [-0.05, 0) is 38.5 Å². The van der Waals surface area contributed by atoms with E-state index in [-0.39, 0.29) is 41.6 Å². The number of carbonyl (C=O) groups excluding carboxylic acids is 3. The van der Waals surface area contributed by atoms with Gasteiger partial charge in [-0.25, -0.2) is 0 Å². The van der Waals surface area contributed by atoms with Gasteiger partial charge in [-0.3, -0.25) is 14.4 Å². The molecule has 0 aliphatic carbocycles. The fraction of sp³-hybridized carbons (Fsp3) is 0.783. The Balaban J connectivity index is 1.39. The molecule has 176 valence electrons. The summed E-state index contributed by atoms with van der Waals surface area (Å²) in [4.78, 5) is 42.8. The summed E-state index contributed by atoms with van der Waals surface area (Å²) in [6, 6.07) is -0.224. The molecule has 1 unspecified atom stereocenters. The fourth-order valence-corrected chi connectivity index (χ4v) is 4.96. The van der Waals surface area contributed by atoms with Gasteiger partial charge in [0.1, 0.15) is 6.04 Å². The van der Waals surface area contributed by atoms with E-state index in [2.05, 4.69) is 10.2 Å². The maximum absolute atomic E-state index is 13.0. The molecule has 32 heavy (non-hydrogen) atoms. The monoisotopic (exact) mass is 445 g/mol. The van der Waals surface area contributed by atoms with E-state index in [1.165, 1.54) is 0 Å². The van der Waals surface area contributed by atoms with Crippen LogP contribution in [0.1, 0.15) is 89.5 Å². The first-order valence-corrected chi connectivity index (χ1v) is 11.9. The summed E-state index contributed by atoms with van der Waals surface area (Å²) in [5, 5.41) is 8.64. The third-order valence-electron chi connectivity index (χ3n) is 6.83. The summed E-state index contributed by atoms with van der Waals surface area (Å²) in [5.41, 5.74) is -0.374. The molecule has 1 aromatic rings. The summed E-state index contributed by atoms with van der Waals surface area (Å²) in [5.74, 6) is 1.43. The number of rotatable bonds is 4. The highest BCUT2D eigenvalue weighted by Crippen LogP contribution is 2.34. The number of aromatic nitrogens is 2. The molecule has 3 aliphatic heterocycles. The van der Waals surface area contributed by atoms with Crippen LogP contribution in [0.2, 0.25) is 0 Å². The second-order valence-electron chi connectivity index (χ2n) is 10.3. The normalized spacial score (nSPS) is 23.2. The van der Waals surface area contributed by atoms with Gasteiger partial charge < -0.3 is 19.1 Å². The minimum Gasteiger partial charge on any atom is -0.423 e. The fourth-order valence-electron chi connectivity index (χ4n) is 4.96. The van der Waals surface area contributed by atoms with Gasteiger partial charge in [-0.15, -0.1) is 10.2 Å². The number of hydrogen-bond donors (Lipinski definition) is 0. The molecule has 0 N–H and O–H groups in total. The van der Waals surface area contributed by atoms with Crippen LogP contribution in [0, 0.1) is 5.41 Å². The van der Waals surface area contributed by atoms with Gasteiger partial charge in [-0.2, -0.15) is 0 Å². The lowest BCUT2D eigenvalue weighted by Gasteiger charge is -2.35. The Hall–Kier alpha value is -2.45. The number of likely N-dealkylation sites (tertiary alicyclic amines) is 3. The van der Waals surface area contributed by atoms with Crippen molar-refractivity contribution < 1.29 is 18.8 Å². The topological polar surface area (TPSA) is 99.9 Å². The average Bonchev–Trinajstić information content (AvgIpc) is 3.42. The Morgan fingerprint density at radius 1 is 0.969 bits per heavy atom. The molecule has 0 saturated carbocycles. The largest absolute Gasteiger partial charge is 0.423 e. The molecule has 1 aromatic heterocycles. The molecule has 4 heterocycles. The van der Waals surface area contributed by atoms with Crippen molar-refractivity contribution in [3.05, 3.63) is 11.8 Å². The Kier molecular flexibility index (Phi) is 6.53. The number of piperidine rings is 2. The number of hydrogen-bond acceptors (Lipinski definition) is 6. The van der Waals surface area contributed by atoms with Crippen molar-refractivity contribution >= 4 is 17.7 Å². The lowest BCUT2D eigenvalue weighted by Crippen LogP contribution is -2.44. The van der Waals surface area contributed by atoms with E-state index in [9.17, 15) is 14.4 Å². The van der Waals surface area contributed by atoms with Crippen LogP contribution >= 0.6 is 0 Å². The standard InChI is InChI=1S/C23H35N5O4/c1-23(2,3)22(31)26-13-9-16(10-14-26)20-24-25-21(32-20)17-7-4-5-12-28(17)19(30)15-27-11-6-8-18(27)29/h16-17H,4-15H2,1-3H3. The van der Waals surface area contributed by atoms with E-state index in [1.807, 2.05) is 30.6 Å². The van der Waals surface area contributed by atoms with Gasteiger partial charge in [-0.1, -0.05) is 20.8 Å². The maximum Gasteiger partial charge on any atom is 0.242 e. The van der Waals surface area contributed by atoms with Crippen molar-refractivity contribution in [1.29, 1.82) is 0 Å². The number of carbonyl (C=O) groups is 3. The SMILES string of the molecule is CC(C)(C)C(=O)N1CCC(c2nnc(C3CCCCN3C(=O)CN3CCCC3=O)o2)CC1. The third kappa shape index (κ3) is 4.81. The van der Waals surface area contributed by atoms with Gasteiger partial charge in [0.15, 0.2) is 0 Å². The zero-order valence-electron chi connectivity index (χ0n) is 19.5. The maximum atomic E-state index is 13.0. The van der Waals surface area contributed by atoms with Crippen LogP contribution in [0.5, 0.6) is 0 Å². The Labute approximate surface area is 189 Å². The molecule has 3 fully saturated rings. The van der Waals surface area contributed by atoms with E-state index in [0.29, 0.717) is 44.4 Å². The summed E-state index contributed by atoms with van der Waals surface area (Å²) >= 11 is 0. The van der Waals surface area contributed by atoms with Crippen molar-refractivity contribution in [2.75, 3.05) is 32.7 Å². The molecule has 4 rings (SSSR count). The molecule has 0 bridgehead atoms. The first-order valence-electron chi connectivity index (χ1n) is 11.9. The van der Waals surface area contributed by atoms with Crippen molar-refractivity contribution in [2.24, 2.45) is 5.41 Å². The van der Waals surface area contributed by atoms with Crippen LogP contribution in [-0.4, -0.2) is 75.3 Å². The molecular weight excluding hydrogens is 410 g/mol. The average molecular weight is 446 g/mol. The van der Waals surface area contributed by atoms with Crippen molar-refractivity contribution in [3.63, 3.8) is 0 Å². The van der Waals surface area contributed by atoms with E-state index < -0.39 is 0 Å². The van der Waals surface area contributed by atoms with Gasteiger partial charge in [0.25, 0.3) is 0 Å². The Morgan fingerprint density at radius 3 is 2.34 bits per heavy atom. The van der Waals surface area contributed by atoms with E-state index in [1.54, 1.807) is 4.90 Å². The molecule has 9 heteroatoms. The Morgan fingerprint density at radius 2 is 1.69 bits per heavy atom. The van der Waals surface area contributed by atoms with Crippen LogP contribution < -0.4 is 0 Å². The molecule has 3 saturated heterocycles. The van der Waals surface area contributed by atoms with E-state index in [4.69, 9.17) is 4.42 Å². The van der Waals surface area contributed by atoms with Crippen LogP contribution in [0.3, 0.4) is 0 Å². The lowest BCUT2D eigenvalue weighted by atomic mass is 9.91. The van der Waals surface area contributed by atoms with Gasteiger partial charge in [0.2, 0.25) is 29.5 Å². The molecular formula is C23H35N5O4. The predicted octanol–water partition coefficient (Wildman–Crippen LogP) is 2.50. The molecule has 1 atom stereocenters. The second-order valence-corrected chi connectivity index (χ2v) is 10.3. The molecule has 9 nitrogen and oxygen atoms in total. The molecule has 0 radical (unpaired) electrons. The van der Waals surface area contributed by atoms with Crippen LogP contribution in [-0.2, 0) is 14.4 Å². The van der Waals surface area contributed by atoms with Crippen molar-refractivity contribution in [1.82, 2.24) is 24.9 Å². The van der Waals surface area contributed by atoms with Crippen LogP contribution in [0.4, 0.5) is 0 Å². The van der Waals surface area contributed by atoms with Gasteiger partial charge in [0, 0.05) is 43.9 Å². The third-order valence-corrected chi connectivity index (χ3v) is 6.83. The number of nitrogens with zero attached hydrogens (tertiary/aromatic N) is 5.